The van der Waals surface area contributed by atoms with Crippen molar-refractivity contribution in [1.29, 1.82) is 0 Å². The first-order chi connectivity index (χ1) is 9.56. The van der Waals surface area contributed by atoms with E-state index in [0.29, 0.717) is 11.6 Å². The lowest BCUT2D eigenvalue weighted by molar-refractivity contribution is 0.0339. The van der Waals surface area contributed by atoms with Crippen molar-refractivity contribution in [2.24, 2.45) is 0 Å². The van der Waals surface area contributed by atoms with Crippen LogP contribution in [0.4, 0.5) is 4.39 Å². The van der Waals surface area contributed by atoms with Gasteiger partial charge in [0.25, 0.3) is 0 Å². The van der Waals surface area contributed by atoms with Gasteiger partial charge in [-0.15, -0.1) is 0 Å². The van der Waals surface area contributed by atoms with E-state index >= 15 is 0 Å². The molecule has 1 aromatic rings. The van der Waals surface area contributed by atoms with Crippen LogP contribution in [-0.2, 0) is 4.74 Å². The number of halogens is 1. The third-order valence-corrected chi connectivity index (χ3v) is 3.87. The second-order valence-corrected chi connectivity index (χ2v) is 5.71. The zero-order chi connectivity index (χ0) is 14.5. The Balaban J connectivity index is 1.86. The highest BCUT2D eigenvalue weighted by molar-refractivity contribution is 5.25. The SMILES string of the molecule is Cc1ccc(C(C)NC(C)CN2CCOCC2)cc1F. The van der Waals surface area contributed by atoms with Gasteiger partial charge in [-0.2, -0.15) is 0 Å². The number of nitrogens with one attached hydrogen (secondary N) is 1. The summed E-state index contributed by atoms with van der Waals surface area (Å²) in [6, 6.07) is 6.00. The number of hydrogen-bond donors (Lipinski definition) is 1. The molecule has 2 unspecified atom stereocenters. The summed E-state index contributed by atoms with van der Waals surface area (Å²) in [7, 11) is 0. The Morgan fingerprint density at radius 3 is 2.65 bits per heavy atom. The van der Waals surface area contributed by atoms with Gasteiger partial charge >= 0.3 is 0 Å². The molecule has 1 fully saturated rings. The Morgan fingerprint density at radius 2 is 2.00 bits per heavy atom. The van der Waals surface area contributed by atoms with Gasteiger partial charge in [0.05, 0.1) is 13.2 Å². The van der Waals surface area contributed by atoms with Gasteiger partial charge in [-0.05, 0) is 38.0 Å². The van der Waals surface area contributed by atoms with Crippen molar-refractivity contribution in [3.8, 4) is 0 Å². The monoisotopic (exact) mass is 280 g/mol. The van der Waals surface area contributed by atoms with Crippen LogP contribution in [0.3, 0.4) is 0 Å². The molecule has 0 aliphatic carbocycles. The van der Waals surface area contributed by atoms with Crippen LogP contribution in [0.25, 0.3) is 0 Å². The molecular formula is C16H25FN2O. The predicted molar refractivity (Wildman–Crippen MR) is 79.4 cm³/mol. The fraction of sp³-hybridized carbons (Fsp3) is 0.625. The second kappa shape index (κ2) is 7.16. The Kier molecular flexibility index (Phi) is 5.52. The number of ether oxygens (including phenoxy) is 1. The van der Waals surface area contributed by atoms with Gasteiger partial charge in [-0.3, -0.25) is 4.90 Å². The molecule has 3 nitrogen and oxygen atoms in total. The van der Waals surface area contributed by atoms with E-state index in [1.54, 1.807) is 13.0 Å². The van der Waals surface area contributed by atoms with Crippen molar-refractivity contribution >= 4 is 0 Å². The van der Waals surface area contributed by atoms with Crippen LogP contribution < -0.4 is 5.32 Å². The summed E-state index contributed by atoms with van der Waals surface area (Å²) >= 11 is 0. The van der Waals surface area contributed by atoms with Crippen LogP contribution in [0.2, 0.25) is 0 Å². The third kappa shape index (κ3) is 4.27. The molecule has 2 rings (SSSR count). The maximum Gasteiger partial charge on any atom is 0.126 e. The molecule has 0 radical (unpaired) electrons. The maximum absolute atomic E-state index is 13.6. The average molecular weight is 280 g/mol. The minimum atomic E-state index is -0.128. The summed E-state index contributed by atoms with van der Waals surface area (Å²) in [4.78, 5) is 2.41. The fourth-order valence-corrected chi connectivity index (χ4v) is 2.63. The molecule has 0 bridgehead atoms. The summed E-state index contributed by atoms with van der Waals surface area (Å²) < 4.78 is 19.0. The van der Waals surface area contributed by atoms with Gasteiger partial charge in [-0.1, -0.05) is 12.1 Å². The van der Waals surface area contributed by atoms with Crippen molar-refractivity contribution in [2.45, 2.75) is 32.9 Å². The van der Waals surface area contributed by atoms with Crippen molar-refractivity contribution in [2.75, 3.05) is 32.8 Å². The lowest BCUT2D eigenvalue weighted by Gasteiger charge is -2.30. The lowest BCUT2D eigenvalue weighted by atomic mass is 10.1. The second-order valence-electron chi connectivity index (χ2n) is 5.71. The normalized spacial score (nSPS) is 19.8. The summed E-state index contributed by atoms with van der Waals surface area (Å²) in [5.74, 6) is -0.128. The van der Waals surface area contributed by atoms with E-state index in [1.165, 1.54) is 0 Å². The van der Waals surface area contributed by atoms with E-state index in [9.17, 15) is 4.39 Å². The minimum Gasteiger partial charge on any atom is -0.379 e. The number of rotatable bonds is 5. The molecule has 0 amide bonds. The van der Waals surface area contributed by atoms with E-state index in [-0.39, 0.29) is 11.9 Å². The van der Waals surface area contributed by atoms with Crippen molar-refractivity contribution in [3.05, 3.63) is 35.1 Å². The summed E-state index contributed by atoms with van der Waals surface area (Å²) in [6.07, 6.45) is 0. The van der Waals surface area contributed by atoms with E-state index in [1.807, 2.05) is 12.1 Å². The van der Waals surface area contributed by atoms with E-state index in [4.69, 9.17) is 4.74 Å². The summed E-state index contributed by atoms with van der Waals surface area (Å²) in [5, 5.41) is 3.54. The minimum absolute atomic E-state index is 0.128. The number of benzene rings is 1. The molecule has 1 aromatic carbocycles. The first-order valence-electron chi connectivity index (χ1n) is 7.38. The van der Waals surface area contributed by atoms with Gasteiger partial charge in [0.1, 0.15) is 5.82 Å². The maximum atomic E-state index is 13.6. The van der Waals surface area contributed by atoms with Gasteiger partial charge in [0, 0.05) is 31.7 Å². The van der Waals surface area contributed by atoms with Crippen LogP contribution in [0, 0.1) is 12.7 Å². The first kappa shape index (κ1) is 15.4. The number of hydrogen-bond acceptors (Lipinski definition) is 3. The largest absolute Gasteiger partial charge is 0.379 e. The molecule has 112 valence electrons. The van der Waals surface area contributed by atoms with Crippen LogP contribution in [0.15, 0.2) is 18.2 Å². The first-order valence-corrected chi connectivity index (χ1v) is 7.38. The Bertz CT molecular complexity index is 432. The Labute approximate surface area is 121 Å². The molecule has 0 spiro atoms. The van der Waals surface area contributed by atoms with Gasteiger partial charge < -0.3 is 10.1 Å². The zero-order valence-electron chi connectivity index (χ0n) is 12.7. The van der Waals surface area contributed by atoms with E-state index in [0.717, 1.165) is 38.4 Å². The highest BCUT2D eigenvalue weighted by atomic mass is 19.1. The lowest BCUT2D eigenvalue weighted by Crippen LogP contribution is -2.44. The molecule has 1 heterocycles. The summed E-state index contributed by atoms with van der Waals surface area (Å²) in [5.41, 5.74) is 1.70. The number of aryl methyl sites for hydroxylation is 1. The van der Waals surface area contributed by atoms with Crippen molar-refractivity contribution in [3.63, 3.8) is 0 Å². The predicted octanol–water partition coefficient (Wildman–Crippen LogP) is 2.51. The molecule has 4 heteroatoms. The van der Waals surface area contributed by atoms with Crippen LogP contribution in [-0.4, -0.2) is 43.8 Å². The molecule has 1 aliphatic heterocycles. The smallest absolute Gasteiger partial charge is 0.126 e. The molecular weight excluding hydrogens is 255 g/mol. The molecule has 1 aliphatic rings. The highest BCUT2D eigenvalue weighted by Crippen LogP contribution is 2.17. The van der Waals surface area contributed by atoms with Gasteiger partial charge in [-0.25, -0.2) is 4.39 Å². The fourth-order valence-electron chi connectivity index (χ4n) is 2.63. The third-order valence-electron chi connectivity index (χ3n) is 3.87. The molecule has 0 saturated carbocycles. The van der Waals surface area contributed by atoms with Gasteiger partial charge in [0.2, 0.25) is 0 Å². The van der Waals surface area contributed by atoms with Crippen LogP contribution in [0.1, 0.15) is 31.0 Å². The van der Waals surface area contributed by atoms with Crippen LogP contribution in [0.5, 0.6) is 0 Å². The van der Waals surface area contributed by atoms with Gasteiger partial charge in [0.15, 0.2) is 0 Å². The van der Waals surface area contributed by atoms with E-state index < -0.39 is 0 Å². The molecule has 2 atom stereocenters. The zero-order valence-corrected chi connectivity index (χ0v) is 12.7. The number of morpholine rings is 1. The summed E-state index contributed by atoms with van der Waals surface area (Å²) in [6.45, 7) is 10.7. The molecule has 20 heavy (non-hydrogen) atoms. The van der Waals surface area contributed by atoms with Crippen molar-refractivity contribution < 1.29 is 9.13 Å². The standard InChI is InChI=1S/C16H25FN2O/c1-12-4-5-15(10-16(12)17)14(3)18-13(2)11-19-6-8-20-9-7-19/h4-5,10,13-14,18H,6-9,11H2,1-3H3. The Morgan fingerprint density at radius 1 is 1.30 bits per heavy atom. The molecule has 0 aromatic heterocycles. The number of nitrogens with zero attached hydrogens (tertiary/aromatic N) is 1. The topological polar surface area (TPSA) is 24.5 Å². The van der Waals surface area contributed by atoms with E-state index in [2.05, 4.69) is 24.1 Å². The average Bonchev–Trinajstić information content (AvgIpc) is 2.42. The van der Waals surface area contributed by atoms with Crippen molar-refractivity contribution in [1.82, 2.24) is 10.2 Å². The highest BCUT2D eigenvalue weighted by Gasteiger charge is 2.16. The molecule has 1 saturated heterocycles. The van der Waals surface area contributed by atoms with Crippen LogP contribution >= 0.6 is 0 Å². The quantitative estimate of drug-likeness (QED) is 0.897. The molecule has 1 N–H and O–H groups in total. The Hall–Kier alpha value is -0.970.